The molecule has 104 valence electrons. The third-order valence-electron chi connectivity index (χ3n) is 3.74. The van der Waals surface area contributed by atoms with Crippen molar-refractivity contribution < 1.29 is 13.9 Å². The van der Waals surface area contributed by atoms with Gasteiger partial charge in [-0.3, -0.25) is 4.79 Å². The molecule has 1 aromatic carbocycles. The van der Waals surface area contributed by atoms with Crippen LogP contribution in [0.5, 0.6) is 0 Å². The first-order chi connectivity index (χ1) is 9.08. The monoisotopic (exact) mass is 264 g/mol. The summed E-state index contributed by atoms with van der Waals surface area (Å²) in [5.41, 5.74) is 2.14. The minimum absolute atomic E-state index is 0.101. The molecule has 0 amide bonds. The summed E-state index contributed by atoms with van der Waals surface area (Å²) in [5, 5.41) is 0. The first-order valence-corrected chi connectivity index (χ1v) is 6.99. The quantitative estimate of drug-likeness (QED) is 0.769. The van der Waals surface area contributed by atoms with Crippen molar-refractivity contribution in [1.29, 1.82) is 0 Å². The molecule has 0 aromatic heterocycles. The van der Waals surface area contributed by atoms with Gasteiger partial charge in [-0.2, -0.15) is 0 Å². The normalized spacial score (nSPS) is 19.4. The number of aryl methyl sites for hydroxylation is 2. The number of halogens is 1. The maximum absolute atomic E-state index is 13.2. The molecular weight excluding hydrogens is 243 g/mol. The number of carbonyl (C=O) groups is 1. The zero-order chi connectivity index (χ0) is 13.8. The van der Waals surface area contributed by atoms with E-state index >= 15 is 0 Å². The van der Waals surface area contributed by atoms with E-state index in [1.165, 1.54) is 18.6 Å². The summed E-state index contributed by atoms with van der Waals surface area (Å²) in [6, 6.07) is 2.86. The Kier molecular flexibility index (Phi) is 4.70. The summed E-state index contributed by atoms with van der Waals surface area (Å²) >= 11 is 0. The lowest BCUT2D eigenvalue weighted by molar-refractivity contribution is 0.0104. The third kappa shape index (κ3) is 3.63. The highest BCUT2D eigenvalue weighted by atomic mass is 19.1. The van der Waals surface area contributed by atoms with Crippen LogP contribution in [-0.4, -0.2) is 18.5 Å². The molecule has 0 saturated carbocycles. The molecule has 1 saturated heterocycles. The van der Waals surface area contributed by atoms with Crippen LogP contribution in [0.4, 0.5) is 4.39 Å². The average Bonchev–Trinajstić information content (AvgIpc) is 2.36. The Morgan fingerprint density at radius 2 is 2.00 bits per heavy atom. The van der Waals surface area contributed by atoms with Gasteiger partial charge in [0.1, 0.15) is 5.82 Å². The molecule has 2 nitrogen and oxygen atoms in total. The van der Waals surface area contributed by atoms with Crippen LogP contribution in [0, 0.1) is 19.7 Å². The molecule has 1 fully saturated rings. The van der Waals surface area contributed by atoms with E-state index < -0.39 is 0 Å². The molecule has 1 aliphatic rings. The van der Waals surface area contributed by atoms with Crippen molar-refractivity contribution in [2.24, 2.45) is 0 Å². The van der Waals surface area contributed by atoms with Gasteiger partial charge in [0.05, 0.1) is 6.10 Å². The van der Waals surface area contributed by atoms with Crippen LogP contribution in [0.2, 0.25) is 0 Å². The van der Waals surface area contributed by atoms with Crippen molar-refractivity contribution in [1.82, 2.24) is 0 Å². The summed E-state index contributed by atoms with van der Waals surface area (Å²) in [6.07, 6.45) is 4.84. The van der Waals surface area contributed by atoms with E-state index in [0.29, 0.717) is 12.0 Å². The van der Waals surface area contributed by atoms with Gasteiger partial charge in [-0.25, -0.2) is 4.39 Å². The third-order valence-corrected chi connectivity index (χ3v) is 3.74. The zero-order valence-electron chi connectivity index (χ0n) is 11.7. The molecule has 1 aromatic rings. The summed E-state index contributed by atoms with van der Waals surface area (Å²) in [6.45, 7) is 4.40. The topological polar surface area (TPSA) is 26.3 Å². The van der Waals surface area contributed by atoms with Gasteiger partial charge in [-0.1, -0.05) is 0 Å². The van der Waals surface area contributed by atoms with Crippen molar-refractivity contribution in [3.05, 3.63) is 34.6 Å². The van der Waals surface area contributed by atoms with Crippen LogP contribution in [0.3, 0.4) is 0 Å². The molecule has 0 aliphatic carbocycles. The van der Waals surface area contributed by atoms with Crippen LogP contribution in [-0.2, 0) is 4.74 Å². The summed E-state index contributed by atoms with van der Waals surface area (Å²) in [7, 11) is 0. The fourth-order valence-electron chi connectivity index (χ4n) is 2.80. The van der Waals surface area contributed by atoms with E-state index in [9.17, 15) is 9.18 Å². The maximum Gasteiger partial charge on any atom is 0.163 e. The molecule has 3 heteroatoms. The van der Waals surface area contributed by atoms with E-state index in [1.54, 1.807) is 13.8 Å². The lowest BCUT2D eigenvalue weighted by Crippen LogP contribution is -2.20. The van der Waals surface area contributed by atoms with Gasteiger partial charge >= 0.3 is 0 Å². The van der Waals surface area contributed by atoms with Crippen LogP contribution >= 0.6 is 0 Å². The van der Waals surface area contributed by atoms with Gasteiger partial charge in [-0.05, 0) is 62.8 Å². The van der Waals surface area contributed by atoms with Crippen molar-refractivity contribution in [2.45, 2.75) is 52.1 Å². The fraction of sp³-hybridized carbons (Fsp3) is 0.562. The van der Waals surface area contributed by atoms with Crippen molar-refractivity contribution in [3.8, 4) is 0 Å². The zero-order valence-corrected chi connectivity index (χ0v) is 11.7. The van der Waals surface area contributed by atoms with E-state index in [-0.39, 0.29) is 17.7 Å². The summed E-state index contributed by atoms with van der Waals surface area (Å²) in [5.74, 6) is -0.175. The molecule has 1 aliphatic heterocycles. The second-order valence-electron chi connectivity index (χ2n) is 5.37. The molecule has 0 bridgehead atoms. The smallest absolute Gasteiger partial charge is 0.163 e. The second-order valence-corrected chi connectivity index (χ2v) is 5.37. The second kappa shape index (κ2) is 6.29. The van der Waals surface area contributed by atoms with Crippen LogP contribution in [0.1, 0.15) is 53.6 Å². The van der Waals surface area contributed by atoms with Gasteiger partial charge in [0.2, 0.25) is 0 Å². The number of Topliss-reactive ketones (excluding diaryl/α,β-unsaturated/α-hetero) is 1. The molecule has 0 N–H and O–H groups in total. The Bertz CT molecular complexity index is 439. The minimum Gasteiger partial charge on any atom is -0.378 e. The number of rotatable bonds is 4. The van der Waals surface area contributed by atoms with Gasteiger partial charge < -0.3 is 4.74 Å². The highest BCUT2D eigenvalue weighted by molar-refractivity contribution is 5.98. The number of ketones is 1. The fourth-order valence-corrected chi connectivity index (χ4v) is 2.80. The van der Waals surface area contributed by atoms with Crippen LogP contribution in [0.15, 0.2) is 12.1 Å². The molecule has 2 rings (SSSR count). The van der Waals surface area contributed by atoms with Crippen molar-refractivity contribution in [3.63, 3.8) is 0 Å². The lowest BCUT2D eigenvalue weighted by atomic mass is 9.94. The van der Waals surface area contributed by atoms with Crippen molar-refractivity contribution >= 4 is 5.78 Å². The highest BCUT2D eigenvalue weighted by Crippen LogP contribution is 2.21. The van der Waals surface area contributed by atoms with E-state index in [0.717, 1.165) is 37.0 Å². The Hall–Kier alpha value is -1.22. The number of hydrogen-bond donors (Lipinski definition) is 0. The molecule has 1 heterocycles. The predicted molar refractivity (Wildman–Crippen MR) is 73.0 cm³/mol. The maximum atomic E-state index is 13.2. The Balaban J connectivity index is 1.99. The predicted octanol–water partition coefficient (Wildman–Crippen LogP) is 3.97. The number of ether oxygens (including phenoxy) is 1. The first kappa shape index (κ1) is 14.2. The first-order valence-electron chi connectivity index (χ1n) is 6.99. The molecule has 0 radical (unpaired) electrons. The highest BCUT2D eigenvalue weighted by Gasteiger charge is 2.18. The van der Waals surface area contributed by atoms with E-state index in [1.807, 2.05) is 0 Å². The van der Waals surface area contributed by atoms with Gasteiger partial charge in [0.15, 0.2) is 5.78 Å². The lowest BCUT2D eigenvalue weighted by Gasteiger charge is -2.22. The molecule has 1 atom stereocenters. The van der Waals surface area contributed by atoms with Crippen molar-refractivity contribution in [2.75, 3.05) is 6.61 Å². The largest absolute Gasteiger partial charge is 0.378 e. The number of carbonyl (C=O) groups excluding carboxylic acids is 1. The number of hydrogen-bond acceptors (Lipinski definition) is 2. The standard InChI is InChI=1S/C16H21FO2/c1-11-9-13(17)10-12(2)16(11)15(18)7-6-14-5-3-4-8-19-14/h9-10,14H,3-8H2,1-2H3. The van der Waals surface area contributed by atoms with Gasteiger partial charge in [-0.15, -0.1) is 0 Å². The Morgan fingerprint density at radius 3 is 2.58 bits per heavy atom. The van der Waals surface area contributed by atoms with Crippen LogP contribution in [0.25, 0.3) is 0 Å². The molecule has 1 unspecified atom stereocenters. The molecule has 19 heavy (non-hydrogen) atoms. The van der Waals surface area contributed by atoms with E-state index in [2.05, 4.69) is 0 Å². The molecule has 0 spiro atoms. The number of benzene rings is 1. The average molecular weight is 264 g/mol. The van der Waals surface area contributed by atoms with Gasteiger partial charge in [0, 0.05) is 18.6 Å². The minimum atomic E-state index is -0.276. The SMILES string of the molecule is Cc1cc(F)cc(C)c1C(=O)CCC1CCCCO1. The van der Waals surface area contributed by atoms with E-state index in [4.69, 9.17) is 4.74 Å². The Labute approximate surface area is 114 Å². The summed E-state index contributed by atoms with van der Waals surface area (Å²) < 4.78 is 18.8. The Morgan fingerprint density at radius 1 is 1.32 bits per heavy atom. The molecular formula is C16H21FO2. The van der Waals surface area contributed by atoms with Gasteiger partial charge in [0.25, 0.3) is 0 Å². The summed E-state index contributed by atoms with van der Waals surface area (Å²) in [4.78, 5) is 12.3. The van der Waals surface area contributed by atoms with Crippen LogP contribution < -0.4 is 0 Å².